The molecule has 0 N–H and O–H groups in total. The minimum absolute atomic E-state index is 0.105. The van der Waals surface area contributed by atoms with Crippen LogP contribution in [0.5, 0.6) is 0 Å². The van der Waals surface area contributed by atoms with Gasteiger partial charge < -0.3 is 4.90 Å². The number of halogens is 1. The minimum Gasteiger partial charge on any atom is -0.339 e. The van der Waals surface area contributed by atoms with Crippen LogP contribution < -0.4 is 0 Å². The highest BCUT2D eigenvalue weighted by Gasteiger charge is 2.25. The lowest BCUT2D eigenvalue weighted by molar-refractivity contribution is -0.132. The fraction of sp³-hybridized carbons (Fsp3) is 0.917. The van der Waals surface area contributed by atoms with Crippen molar-refractivity contribution in [2.45, 2.75) is 32.6 Å². The van der Waals surface area contributed by atoms with E-state index >= 15 is 0 Å². The Morgan fingerprint density at radius 1 is 1.25 bits per heavy atom. The van der Waals surface area contributed by atoms with Crippen molar-refractivity contribution >= 4 is 17.5 Å². The molecule has 1 amide bonds. The summed E-state index contributed by atoms with van der Waals surface area (Å²) in [5, 5.41) is -0.336. The number of hydrogen-bond donors (Lipinski definition) is 0. The van der Waals surface area contributed by atoms with Crippen LogP contribution in [0.1, 0.15) is 27.2 Å². The molecule has 1 saturated heterocycles. The normalized spacial score (nSPS) is 20.2. The number of piperazine rings is 1. The van der Waals surface area contributed by atoms with Crippen molar-refractivity contribution in [1.29, 1.82) is 0 Å². The number of rotatable bonds is 4. The lowest BCUT2D eigenvalue weighted by Gasteiger charge is -2.36. The first-order valence-corrected chi connectivity index (χ1v) is 6.63. The molecule has 0 aromatic rings. The van der Waals surface area contributed by atoms with Crippen molar-refractivity contribution in [2.75, 3.05) is 32.7 Å². The first-order valence-electron chi connectivity index (χ1n) is 6.19. The smallest absolute Gasteiger partial charge is 0.240 e. The summed E-state index contributed by atoms with van der Waals surface area (Å²) >= 11 is 5.96. The first kappa shape index (κ1) is 13.8. The van der Waals surface area contributed by atoms with E-state index in [1.54, 1.807) is 0 Å². The number of amides is 1. The van der Waals surface area contributed by atoms with E-state index in [0.29, 0.717) is 12.3 Å². The predicted octanol–water partition coefficient (Wildman–Crippen LogP) is 1.80. The Kier molecular flexibility index (Phi) is 5.56. The zero-order chi connectivity index (χ0) is 12.1. The van der Waals surface area contributed by atoms with Gasteiger partial charge in [0.15, 0.2) is 0 Å². The average molecular weight is 247 g/mol. The molecular formula is C12H23ClN2O. The summed E-state index contributed by atoms with van der Waals surface area (Å²) in [5.41, 5.74) is 0. The highest BCUT2D eigenvalue weighted by Crippen LogP contribution is 2.10. The van der Waals surface area contributed by atoms with Gasteiger partial charge in [0.05, 0.1) is 0 Å². The van der Waals surface area contributed by atoms with E-state index in [9.17, 15) is 4.79 Å². The average Bonchev–Trinajstić information content (AvgIpc) is 2.27. The molecule has 16 heavy (non-hydrogen) atoms. The molecule has 0 spiro atoms. The van der Waals surface area contributed by atoms with E-state index in [1.165, 1.54) is 0 Å². The van der Waals surface area contributed by atoms with Gasteiger partial charge in [0.25, 0.3) is 0 Å². The molecule has 0 aliphatic carbocycles. The predicted molar refractivity (Wildman–Crippen MR) is 67.8 cm³/mol. The quantitative estimate of drug-likeness (QED) is 0.707. The Morgan fingerprint density at radius 2 is 1.81 bits per heavy atom. The van der Waals surface area contributed by atoms with E-state index in [2.05, 4.69) is 18.7 Å². The molecule has 94 valence electrons. The van der Waals surface area contributed by atoms with Gasteiger partial charge >= 0.3 is 0 Å². The van der Waals surface area contributed by atoms with Gasteiger partial charge in [-0.3, -0.25) is 9.69 Å². The summed E-state index contributed by atoms with van der Waals surface area (Å²) in [6, 6.07) is 0. The van der Waals surface area contributed by atoms with Gasteiger partial charge in [-0.1, -0.05) is 20.8 Å². The van der Waals surface area contributed by atoms with E-state index < -0.39 is 0 Å². The highest BCUT2D eigenvalue weighted by atomic mass is 35.5. The van der Waals surface area contributed by atoms with E-state index in [4.69, 9.17) is 11.6 Å². The molecule has 4 heteroatoms. The van der Waals surface area contributed by atoms with Gasteiger partial charge in [-0.15, -0.1) is 11.6 Å². The lowest BCUT2D eigenvalue weighted by Crippen LogP contribution is -2.51. The van der Waals surface area contributed by atoms with Crippen LogP contribution in [-0.4, -0.2) is 53.8 Å². The van der Waals surface area contributed by atoms with Crippen LogP contribution in [-0.2, 0) is 4.79 Å². The summed E-state index contributed by atoms with van der Waals surface area (Å²) < 4.78 is 0. The van der Waals surface area contributed by atoms with Gasteiger partial charge in [0.2, 0.25) is 5.91 Å². The highest BCUT2D eigenvalue weighted by molar-refractivity contribution is 6.30. The maximum absolute atomic E-state index is 11.8. The molecule has 1 rings (SSSR count). The Morgan fingerprint density at radius 3 is 2.25 bits per heavy atom. The van der Waals surface area contributed by atoms with Crippen LogP contribution in [0.4, 0.5) is 0 Å². The summed E-state index contributed by atoms with van der Waals surface area (Å²) in [6.45, 7) is 11.1. The number of carbonyl (C=O) groups excluding carboxylic acids is 1. The van der Waals surface area contributed by atoms with Crippen LogP contribution in [0.2, 0.25) is 0 Å². The zero-order valence-corrected chi connectivity index (χ0v) is 11.3. The molecule has 0 saturated carbocycles. The molecule has 1 aliphatic heterocycles. The molecule has 0 aromatic heterocycles. The monoisotopic (exact) mass is 246 g/mol. The third kappa shape index (κ3) is 3.95. The standard InChI is InChI=1S/C12H23ClN2O/c1-4-11(13)12(16)15-7-5-14(6-8-15)9-10(2)3/h10-11H,4-9H2,1-3H3/t11-/m0/s1. The van der Waals surface area contributed by atoms with E-state index in [0.717, 1.165) is 32.7 Å². The van der Waals surface area contributed by atoms with Crippen molar-refractivity contribution in [3.05, 3.63) is 0 Å². The lowest BCUT2D eigenvalue weighted by atomic mass is 10.2. The summed E-state index contributed by atoms with van der Waals surface area (Å²) in [6.07, 6.45) is 0.715. The van der Waals surface area contributed by atoms with Crippen LogP contribution >= 0.6 is 11.6 Å². The van der Waals surface area contributed by atoms with Crippen LogP contribution in [0.3, 0.4) is 0 Å². The fourth-order valence-electron chi connectivity index (χ4n) is 2.04. The van der Waals surface area contributed by atoms with E-state index in [-0.39, 0.29) is 11.3 Å². The molecule has 1 heterocycles. The van der Waals surface area contributed by atoms with Gasteiger partial charge in [0, 0.05) is 32.7 Å². The fourth-order valence-corrected chi connectivity index (χ4v) is 2.18. The molecule has 1 atom stereocenters. The van der Waals surface area contributed by atoms with Gasteiger partial charge in [-0.2, -0.15) is 0 Å². The van der Waals surface area contributed by atoms with Gasteiger partial charge in [0.1, 0.15) is 5.38 Å². The minimum atomic E-state index is -0.336. The molecule has 1 fully saturated rings. The van der Waals surface area contributed by atoms with Gasteiger partial charge in [-0.05, 0) is 12.3 Å². The van der Waals surface area contributed by atoms with Crippen molar-refractivity contribution < 1.29 is 4.79 Å². The third-order valence-corrected chi connectivity index (χ3v) is 3.43. The molecule has 3 nitrogen and oxygen atoms in total. The SMILES string of the molecule is CC[C@H](Cl)C(=O)N1CCN(CC(C)C)CC1. The van der Waals surface area contributed by atoms with E-state index in [1.807, 2.05) is 11.8 Å². The second kappa shape index (κ2) is 6.45. The number of hydrogen-bond acceptors (Lipinski definition) is 2. The van der Waals surface area contributed by atoms with Crippen molar-refractivity contribution in [3.8, 4) is 0 Å². The van der Waals surface area contributed by atoms with Gasteiger partial charge in [-0.25, -0.2) is 0 Å². The molecule has 0 unspecified atom stereocenters. The first-order chi connectivity index (χ1) is 7.54. The number of alkyl halides is 1. The molecule has 0 bridgehead atoms. The molecular weight excluding hydrogens is 224 g/mol. The summed E-state index contributed by atoms with van der Waals surface area (Å²) in [4.78, 5) is 16.2. The molecule has 0 radical (unpaired) electrons. The summed E-state index contributed by atoms with van der Waals surface area (Å²) in [7, 11) is 0. The topological polar surface area (TPSA) is 23.6 Å². The molecule has 1 aliphatic rings. The Bertz CT molecular complexity index is 225. The van der Waals surface area contributed by atoms with Crippen LogP contribution in [0, 0.1) is 5.92 Å². The zero-order valence-electron chi connectivity index (χ0n) is 10.6. The maximum Gasteiger partial charge on any atom is 0.240 e. The maximum atomic E-state index is 11.8. The van der Waals surface area contributed by atoms with Crippen molar-refractivity contribution in [1.82, 2.24) is 9.80 Å². The second-order valence-electron chi connectivity index (χ2n) is 4.90. The third-order valence-electron chi connectivity index (χ3n) is 2.93. The van der Waals surface area contributed by atoms with Crippen molar-refractivity contribution in [3.63, 3.8) is 0 Å². The Hall–Kier alpha value is -0.280. The Labute approximate surface area is 104 Å². The largest absolute Gasteiger partial charge is 0.339 e. The van der Waals surface area contributed by atoms with Crippen LogP contribution in [0.25, 0.3) is 0 Å². The second-order valence-corrected chi connectivity index (χ2v) is 5.42. The molecule has 0 aromatic carbocycles. The van der Waals surface area contributed by atoms with Crippen molar-refractivity contribution in [2.24, 2.45) is 5.92 Å². The number of carbonyl (C=O) groups is 1. The summed E-state index contributed by atoms with van der Waals surface area (Å²) in [5.74, 6) is 0.798. The van der Waals surface area contributed by atoms with Crippen LogP contribution in [0.15, 0.2) is 0 Å². The Balaban J connectivity index is 2.34. The number of nitrogens with zero attached hydrogens (tertiary/aromatic N) is 2.